The molecule has 39 heavy (non-hydrogen) atoms. The SMILES string of the molecule is CC1c2ccc(NC(=O)CN(C)C)c(O)c2C(=O)C2=C(O)[C@]3(O)C(=O)C(C(N)=O)=C(O)C(N(C)C)[C@@H]3C(O)C21. The van der Waals surface area contributed by atoms with Gasteiger partial charge in [-0.15, -0.1) is 0 Å². The van der Waals surface area contributed by atoms with Crippen LogP contribution in [0.2, 0.25) is 0 Å². The van der Waals surface area contributed by atoms with Crippen LogP contribution in [0.3, 0.4) is 0 Å². The number of benzene rings is 1. The van der Waals surface area contributed by atoms with Crippen LogP contribution in [0.15, 0.2) is 34.8 Å². The Bertz CT molecular complexity index is 1370. The second-order valence-electron chi connectivity index (χ2n) is 10.8. The zero-order valence-electron chi connectivity index (χ0n) is 22.1. The van der Waals surface area contributed by atoms with Crippen LogP contribution in [-0.2, 0) is 14.4 Å². The van der Waals surface area contributed by atoms with Crippen molar-refractivity contribution in [2.45, 2.75) is 30.6 Å². The van der Waals surface area contributed by atoms with E-state index < -0.39 is 87.3 Å². The van der Waals surface area contributed by atoms with E-state index in [9.17, 15) is 44.7 Å². The van der Waals surface area contributed by atoms with Gasteiger partial charge in [-0.05, 0) is 45.7 Å². The minimum absolute atomic E-state index is 0.00673. The average Bonchev–Trinajstić information content (AvgIpc) is 2.82. The highest BCUT2D eigenvalue weighted by atomic mass is 16.4. The third-order valence-electron chi connectivity index (χ3n) is 7.87. The Hall–Kier alpha value is -3.78. The molecule has 6 atom stereocenters. The minimum Gasteiger partial charge on any atom is -0.510 e. The maximum atomic E-state index is 13.8. The van der Waals surface area contributed by atoms with Gasteiger partial charge in [-0.3, -0.25) is 24.1 Å². The molecule has 0 aromatic heterocycles. The van der Waals surface area contributed by atoms with Crippen molar-refractivity contribution in [3.05, 3.63) is 45.9 Å². The van der Waals surface area contributed by atoms with Crippen LogP contribution in [-0.4, -0.2) is 111 Å². The summed E-state index contributed by atoms with van der Waals surface area (Å²) >= 11 is 0. The minimum atomic E-state index is -2.99. The summed E-state index contributed by atoms with van der Waals surface area (Å²) in [4.78, 5) is 54.5. The number of ketones is 2. The van der Waals surface area contributed by atoms with E-state index in [-0.39, 0.29) is 17.8 Å². The van der Waals surface area contributed by atoms with Gasteiger partial charge in [0, 0.05) is 11.5 Å². The van der Waals surface area contributed by atoms with Gasteiger partial charge in [0.2, 0.25) is 11.7 Å². The van der Waals surface area contributed by atoms with E-state index in [1.807, 2.05) is 0 Å². The molecule has 0 fully saturated rings. The number of aromatic hydroxyl groups is 1. The monoisotopic (exact) mass is 544 g/mol. The Morgan fingerprint density at radius 1 is 1.10 bits per heavy atom. The quantitative estimate of drug-likeness (QED) is 0.179. The molecule has 0 bridgehead atoms. The lowest BCUT2D eigenvalue weighted by Crippen LogP contribution is -2.68. The van der Waals surface area contributed by atoms with Crippen molar-refractivity contribution in [2.24, 2.45) is 17.6 Å². The van der Waals surface area contributed by atoms with E-state index >= 15 is 0 Å². The molecular weight excluding hydrogens is 512 g/mol. The normalized spacial score (nSPS) is 30.3. The van der Waals surface area contributed by atoms with Crippen molar-refractivity contribution in [3.8, 4) is 5.75 Å². The van der Waals surface area contributed by atoms with Crippen molar-refractivity contribution in [1.82, 2.24) is 9.80 Å². The number of likely N-dealkylation sites (N-methyl/N-ethyl adjacent to an activating group) is 2. The number of nitrogens with one attached hydrogen (secondary N) is 1. The van der Waals surface area contributed by atoms with Crippen LogP contribution in [0, 0.1) is 11.8 Å². The lowest BCUT2D eigenvalue weighted by molar-refractivity contribution is -0.162. The van der Waals surface area contributed by atoms with Gasteiger partial charge in [-0.2, -0.15) is 0 Å². The summed E-state index contributed by atoms with van der Waals surface area (Å²) in [6.45, 7) is 1.62. The average molecular weight is 545 g/mol. The van der Waals surface area contributed by atoms with Crippen LogP contribution in [0.1, 0.15) is 28.8 Å². The van der Waals surface area contributed by atoms with Crippen molar-refractivity contribution in [2.75, 3.05) is 40.1 Å². The van der Waals surface area contributed by atoms with Crippen molar-refractivity contribution in [1.29, 1.82) is 0 Å². The zero-order chi connectivity index (χ0) is 29.3. The number of aliphatic hydroxyl groups is 4. The number of nitrogens with zero attached hydrogens (tertiary/aromatic N) is 2. The molecule has 3 aliphatic carbocycles. The number of hydrogen-bond donors (Lipinski definition) is 7. The van der Waals surface area contributed by atoms with Gasteiger partial charge >= 0.3 is 0 Å². The van der Waals surface area contributed by atoms with Crippen LogP contribution in [0.4, 0.5) is 5.69 Å². The number of nitrogens with two attached hydrogens (primary N) is 1. The van der Waals surface area contributed by atoms with Crippen LogP contribution in [0.5, 0.6) is 5.75 Å². The molecule has 1 aromatic carbocycles. The molecule has 8 N–H and O–H groups in total. The summed E-state index contributed by atoms with van der Waals surface area (Å²) in [7, 11) is 6.28. The number of fused-ring (bicyclic) bond motifs is 3. The standard InChI is InChI=1S/C26H32N4O9/c1-9-10-6-7-11(28-12(31)8-29(2)3)19(32)14(10)20(33)15-13(9)21(34)17-18(30(4)5)22(35)16(25(27)38)24(37)26(17,39)23(15)36/h6-7,9,13,17-18,21,32,34-36,39H,8H2,1-5H3,(H2,27,38)(H,28,31)/t9?,13?,17-,18?,21?,26+/m1/s1. The Balaban J connectivity index is 1.94. The number of primary amides is 1. The number of rotatable bonds is 5. The molecule has 0 saturated carbocycles. The number of carbonyl (C=O) groups excluding carboxylic acids is 4. The van der Waals surface area contributed by atoms with Gasteiger partial charge in [-0.25, -0.2) is 0 Å². The summed E-state index contributed by atoms with van der Waals surface area (Å²) in [6, 6.07) is 1.58. The highest BCUT2D eigenvalue weighted by Crippen LogP contribution is 2.56. The molecule has 13 nitrogen and oxygen atoms in total. The number of phenolic OH excluding ortho intramolecular Hbond substituents is 1. The molecule has 210 valence electrons. The summed E-state index contributed by atoms with van der Waals surface area (Å²) in [5.74, 6) is -10.2. The molecule has 1 aromatic rings. The van der Waals surface area contributed by atoms with E-state index in [0.29, 0.717) is 5.56 Å². The fourth-order valence-corrected chi connectivity index (χ4v) is 6.20. The Morgan fingerprint density at radius 3 is 2.26 bits per heavy atom. The zero-order valence-corrected chi connectivity index (χ0v) is 22.1. The van der Waals surface area contributed by atoms with E-state index in [1.165, 1.54) is 31.1 Å². The number of hydrogen-bond acceptors (Lipinski definition) is 11. The molecule has 13 heteroatoms. The highest BCUT2D eigenvalue weighted by molar-refractivity contribution is 6.25. The Labute approximate surface area is 223 Å². The lowest BCUT2D eigenvalue weighted by atomic mass is 9.55. The van der Waals surface area contributed by atoms with Crippen molar-refractivity contribution < 1.29 is 44.7 Å². The van der Waals surface area contributed by atoms with Gasteiger partial charge in [-0.1, -0.05) is 13.0 Å². The highest BCUT2D eigenvalue weighted by Gasteiger charge is 2.67. The molecular formula is C26H32N4O9. The molecule has 0 spiro atoms. The molecule has 0 radical (unpaired) electrons. The number of Topliss-reactive ketones (excluding diaryl/α,β-unsaturated/α-hetero) is 2. The summed E-state index contributed by atoms with van der Waals surface area (Å²) in [5.41, 5.74) is 0.792. The first-order valence-corrected chi connectivity index (χ1v) is 12.2. The maximum absolute atomic E-state index is 13.8. The molecule has 0 aliphatic heterocycles. The number of carbonyl (C=O) groups is 4. The molecule has 0 heterocycles. The number of aliphatic hydroxyl groups excluding tert-OH is 3. The van der Waals surface area contributed by atoms with Gasteiger partial charge in [0.25, 0.3) is 5.91 Å². The van der Waals surface area contributed by atoms with E-state index in [2.05, 4.69) is 5.32 Å². The van der Waals surface area contributed by atoms with Crippen molar-refractivity contribution >= 4 is 29.1 Å². The molecule has 4 unspecified atom stereocenters. The molecule has 3 aliphatic rings. The summed E-state index contributed by atoms with van der Waals surface area (Å²) in [6.07, 6.45) is -1.68. The summed E-state index contributed by atoms with van der Waals surface area (Å²) < 4.78 is 0. The Morgan fingerprint density at radius 2 is 1.72 bits per heavy atom. The fourth-order valence-electron chi connectivity index (χ4n) is 6.20. The number of amides is 2. The predicted octanol–water partition coefficient (Wildman–Crippen LogP) is -0.847. The van der Waals surface area contributed by atoms with Gasteiger partial charge in [0.05, 0.1) is 35.9 Å². The number of phenols is 1. The largest absolute Gasteiger partial charge is 0.510 e. The van der Waals surface area contributed by atoms with E-state index in [0.717, 1.165) is 0 Å². The molecule has 2 amide bonds. The topological polar surface area (TPSA) is 214 Å². The van der Waals surface area contributed by atoms with Gasteiger partial charge in [0.15, 0.2) is 17.1 Å². The van der Waals surface area contributed by atoms with Crippen LogP contribution in [0.25, 0.3) is 0 Å². The maximum Gasteiger partial charge on any atom is 0.255 e. The second-order valence-corrected chi connectivity index (χ2v) is 10.8. The van der Waals surface area contributed by atoms with Crippen LogP contribution >= 0.6 is 0 Å². The van der Waals surface area contributed by atoms with Gasteiger partial charge in [0.1, 0.15) is 17.1 Å². The van der Waals surface area contributed by atoms with E-state index in [4.69, 9.17) is 5.73 Å². The first kappa shape index (κ1) is 28.2. The summed E-state index contributed by atoms with van der Waals surface area (Å²) in [5, 5.41) is 59.0. The third kappa shape index (κ3) is 3.92. The number of anilines is 1. The van der Waals surface area contributed by atoms with E-state index in [1.54, 1.807) is 25.9 Å². The third-order valence-corrected chi connectivity index (χ3v) is 7.87. The second kappa shape index (κ2) is 9.45. The Kier molecular flexibility index (Phi) is 6.84. The van der Waals surface area contributed by atoms with Crippen LogP contribution < -0.4 is 11.1 Å². The first-order chi connectivity index (χ1) is 18.1. The smallest absolute Gasteiger partial charge is 0.255 e. The molecule has 0 saturated heterocycles. The first-order valence-electron chi connectivity index (χ1n) is 12.2. The van der Waals surface area contributed by atoms with Crippen molar-refractivity contribution in [3.63, 3.8) is 0 Å². The molecule has 4 rings (SSSR count). The fraction of sp³-hybridized carbons (Fsp3) is 0.462. The predicted molar refractivity (Wildman–Crippen MR) is 137 cm³/mol. The lowest BCUT2D eigenvalue weighted by Gasteiger charge is -2.53. The van der Waals surface area contributed by atoms with Gasteiger partial charge < -0.3 is 41.5 Å².